The molecule has 0 unspecified atom stereocenters. The highest BCUT2D eigenvalue weighted by atomic mass is 16.3. The monoisotopic (exact) mass is 355 g/mol. The SMILES string of the molecule is Cn1cccc1C(=O)N1CCC[C@@]2(CO)CN(c3ncccn3)CC[C@H]12. The van der Waals surface area contributed by atoms with Gasteiger partial charge in [-0.2, -0.15) is 0 Å². The molecular formula is C19H25N5O2. The van der Waals surface area contributed by atoms with Gasteiger partial charge in [0.05, 0.1) is 6.61 Å². The molecule has 0 bridgehead atoms. The highest BCUT2D eigenvalue weighted by Gasteiger charge is 2.49. The molecular weight excluding hydrogens is 330 g/mol. The van der Waals surface area contributed by atoms with Gasteiger partial charge in [0.25, 0.3) is 5.91 Å². The fourth-order valence-corrected chi connectivity index (χ4v) is 4.57. The Morgan fingerprint density at radius 2 is 2.12 bits per heavy atom. The average molecular weight is 355 g/mol. The van der Waals surface area contributed by atoms with Crippen LogP contribution in [0.5, 0.6) is 0 Å². The van der Waals surface area contributed by atoms with Gasteiger partial charge in [0.15, 0.2) is 0 Å². The van der Waals surface area contributed by atoms with Crippen LogP contribution in [0.4, 0.5) is 5.95 Å². The van der Waals surface area contributed by atoms with Crippen molar-refractivity contribution in [3.63, 3.8) is 0 Å². The quantitative estimate of drug-likeness (QED) is 0.899. The molecule has 138 valence electrons. The topological polar surface area (TPSA) is 74.5 Å². The number of aromatic nitrogens is 3. The van der Waals surface area contributed by atoms with Gasteiger partial charge in [-0.05, 0) is 37.5 Å². The van der Waals surface area contributed by atoms with Crippen LogP contribution in [0.15, 0.2) is 36.8 Å². The van der Waals surface area contributed by atoms with E-state index in [-0.39, 0.29) is 24.0 Å². The Morgan fingerprint density at radius 1 is 1.31 bits per heavy atom. The number of hydrogen-bond acceptors (Lipinski definition) is 5. The average Bonchev–Trinajstić information content (AvgIpc) is 3.13. The zero-order valence-electron chi connectivity index (χ0n) is 15.1. The van der Waals surface area contributed by atoms with Gasteiger partial charge < -0.3 is 19.5 Å². The lowest BCUT2D eigenvalue weighted by molar-refractivity contribution is -0.0264. The van der Waals surface area contributed by atoms with E-state index in [4.69, 9.17) is 0 Å². The number of piperidine rings is 2. The fraction of sp³-hybridized carbons (Fsp3) is 0.526. The zero-order valence-corrected chi connectivity index (χ0v) is 15.1. The van der Waals surface area contributed by atoms with Gasteiger partial charge in [-0.3, -0.25) is 4.79 Å². The number of anilines is 1. The molecule has 2 aromatic heterocycles. The molecule has 0 spiro atoms. The molecule has 7 heteroatoms. The Labute approximate surface area is 153 Å². The lowest BCUT2D eigenvalue weighted by atomic mass is 9.69. The van der Waals surface area contributed by atoms with Crippen LogP contribution in [0.1, 0.15) is 29.8 Å². The number of aryl methyl sites for hydroxylation is 1. The molecule has 26 heavy (non-hydrogen) atoms. The van der Waals surface area contributed by atoms with Crippen LogP contribution in [0, 0.1) is 5.41 Å². The minimum Gasteiger partial charge on any atom is -0.396 e. The summed E-state index contributed by atoms with van der Waals surface area (Å²) in [4.78, 5) is 26.0. The van der Waals surface area contributed by atoms with E-state index in [1.165, 1.54) is 0 Å². The third kappa shape index (κ3) is 2.76. The Morgan fingerprint density at radius 3 is 2.81 bits per heavy atom. The van der Waals surface area contributed by atoms with Crippen molar-refractivity contribution in [1.29, 1.82) is 0 Å². The standard InChI is InChI=1S/C19H25N5O2/c1-22-10-2-5-15(22)17(26)24-11-3-7-19(14-25)13-23(12-6-16(19)24)18-20-8-4-9-21-18/h2,4-5,8-10,16,25H,3,6-7,11-14H2,1H3/t16-,19-/m0/s1. The van der Waals surface area contributed by atoms with E-state index in [0.29, 0.717) is 18.2 Å². The predicted octanol–water partition coefficient (Wildman–Crippen LogP) is 1.31. The number of amides is 1. The summed E-state index contributed by atoms with van der Waals surface area (Å²) in [5.41, 5.74) is 0.379. The molecule has 1 amide bonds. The van der Waals surface area contributed by atoms with Crippen LogP contribution in [0.25, 0.3) is 0 Å². The van der Waals surface area contributed by atoms with Gasteiger partial charge in [-0.15, -0.1) is 0 Å². The molecule has 7 nitrogen and oxygen atoms in total. The first kappa shape index (κ1) is 17.0. The van der Waals surface area contributed by atoms with Crippen LogP contribution >= 0.6 is 0 Å². The Bertz CT molecular complexity index is 777. The summed E-state index contributed by atoms with van der Waals surface area (Å²) in [5, 5.41) is 10.3. The number of hydrogen-bond donors (Lipinski definition) is 1. The second kappa shape index (κ2) is 6.72. The van der Waals surface area contributed by atoms with Crippen LogP contribution in [0.2, 0.25) is 0 Å². The van der Waals surface area contributed by atoms with Crippen molar-refractivity contribution in [2.45, 2.75) is 25.3 Å². The molecule has 0 aromatic carbocycles. The molecule has 2 fully saturated rings. The normalized spacial score (nSPS) is 25.8. The molecule has 4 heterocycles. The minimum absolute atomic E-state index is 0.0450. The molecule has 1 N–H and O–H groups in total. The number of rotatable bonds is 3. The molecule has 0 aliphatic carbocycles. The second-order valence-corrected chi connectivity index (χ2v) is 7.40. The molecule has 2 aliphatic heterocycles. The summed E-state index contributed by atoms with van der Waals surface area (Å²) in [7, 11) is 1.89. The van der Waals surface area contributed by atoms with E-state index in [0.717, 1.165) is 32.4 Å². The summed E-state index contributed by atoms with van der Waals surface area (Å²) < 4.78 is 1.87. The van der Waals surface area contributed by atoms with Gasteiger partial charge in [0.2, 0.25) is 5.95 Å². The van der Waals surface area contributed by atoms with Gasteiger partial charge >= 0.3 is 0 Å². The fourth-order valence-electron chi connectivity index (χ4n) is 4.57. The minimum atomic E-state index is -0.323. The molecule has 2 aliphatic rings. The molecule has 2 aromatic rings. The first-order chi connectivity index (χ1) is 12.6. The first-order valence-electron chi connectivity index (χ1n) is 9.20. The van der Waals surface area contributed by atoms with Crippen molar-refractivity contribution in [3.05, 3.63) is 42.5 Å². The van der Waals surface area contributed by atoms with Crippen molar-refractivity contribution in [2.75, 3.05) is 31.1 Å². The predicted molar refractivity (Wildman–Crippen MR) is 97.9 cm³/mol. The van der Waals surface area contributed by atoms with Gasteiger partial charge in [0.1, 0.15) is 5.69 Å². The maximum Gasteiger partial charge on any atom is 0.270 e. The summed E-state index contributed by atoms with van der Waals surface area (Å²) in [6, 6.07) is 5.61. The van der Waals surface area contributed by atoms with Gasteiger partial charge in [0, 0.05) is 56.7 Å². The zero-order chi connectivity index (χ0) is 18.1. The van der Waals surface area contributed by atoms with Crippen LogP contribution < -0.4 is 4.90 Å². The third-order valence-corrected chi connectivity index (χ3v) is 5.91. The van der Waals surface area contributed by atoms with Crippen LogP contribution in [0.3, 0.4) is 0 Å². The second-order valence-electron chi connectivity index (χ2n) is 7.40. The number of fused-ring (bicyclic) bond motifs is 1. The van der Waals surface area contributed by atoms with E-state index < -0.39 is 0 Å². The molecule has 2 saturated heterocycles. The lowest BCUT2D eigenvalue weighted by Crippen LogP contribution is -2.64. The summed E-state index contributed by atoms with van der Waals surface area (Å²) >= 11 is 0. The van der Waals surface area contributed by atoms with Crippen molar-refractivity contribution in [3.8, 4) is 0 Å². The maximum atomic E-state index is 13.1. The van der Waals surface area contributed by atoms with Crippen molar-refractivity contribution < 1.29 is 9.90 Å². The van der Waals surface area contributed by atoms with Crippen molar-refractivity contribution in [1.82, 2.24) is 19.4 Å². The van der Waals surface area contributed by atoms with E-state index in [2.05, 4.69) is 14.9 Å². The van der Waals surface area contributed by atoms with Gasteiger partial charge in [-0.1, -0.05) is 0 Å². The Balaban J connectivity index is 1.61. The van der Waals surface area contributed by atoms with E-state index >= 15 is 0 Å². The smallest absolute Gasteiger partial charge is 0.270 e. The molecule has 0 saturated carbocycles. The first-order valence-corrected chi connectivity index (χ1v) is 9.20. The number of nitrogens with zero attached hydrogens (tertiary/aromatic N) is 5. The van der Waals surface area contributed by atoms with E-state index in [1.54, 1.807) is 18.5 Å². The molecule has 0 radical (unpaired) electrons. The lowest BCUT2D eigenvalue weighted by Gasteiger charge is -2.54. The van der Waals surface area contributed by atoms with Crippen molar-refractivity contribution in [2.24, 2.45) is 12.5 Å². The van der Waals surface area contributed by atoms with E-state index in [9.17, 15) is 9.90 Å². The summed E-state index contributed by atoms with van der Waals surface area (Å²) in [6.07, 6.45) is 8.00. The number of aliphatic hydroxyl groups is 1. The number of carbonyl (C=O) groups excluding carboxylic acids is 1. The van der Waals surface area contributed by atoms with Gasteiger partial charge in [-0.25, -0.2) is 9.97 Å². The Hall–Kier alpha value is -2.41. The van der Waals surface area contributed by atoms with Crippen LogP contribution in [-0.4, -0.2) is 62.7 Å². The Kier molecular flexibility index (Phi) is 4.40. The molecule has 4 rings (SSSR count). The highest BCUT2D eigenvalue weighted by molar-refractivity contribution is 5.93. The summed E-state index contributed by atoms with van der Waals surface area (Å²) in [5.74, 6) is 0.758. The van der Waals surface area contributed by atoms with Crippen molar-refractivity contribution >= 4 is 11.9 Å². The van der Waals surface area contributed by atoms with Crippen LogP contribution in [-0.2, 0) is 7.05 Å². The third-order valence-electron chi connectivity index (χ3n) is 5.91. The highest BCUT2D eigenvalue weighted by Crippen LogP contribution is 2.42. The molecule has 2 atom stereocenters. The largest absolute Gasteiger partial charge is 0.396 e. The number of likely N-dealkylation sites (tertiary alicyclic amines) is 1. The maximum absolute atomic E-state index is 13.1. The summed E-state index contributed by atoms with van der Waals surface area (Å²) in [6.45, 7) is 2.28. The number of carbonyl (C=O) groups is 1. The van der Waals surface area contributed by atoms with E-state index in [1.807, 2.05) is 34.8 Å². The number of aliphatic hydroxyl groups excluding tert-OH is 1.